The van der Waals surface area contributed by atoms with Gasteiger partial charge in [0.1, 0.15) is 0 Å². The Morgan fingerprint density at radius 3 is 1.66 bits per heavy atom. The van der Waals surface area contributed by atoms with Gasteiger partial charge in [-0.05, 0) is 60.4 Å². The molecule has 0 saturated heterocycles. The zero-order valence-corrected chi connectivity index (χ0v) is 21.5. The summed E-state index contributed by atoms with van der Waals surface area (Å²) >= 11 is 0. The highest BCUT2D eigenvalue weighted by atomic mass is 16.6. The highest BCUT2D eigenvalue weighted by Gasteiger charge is 2.12. The lowest BCUT2D eigenvalue weighted by Crippen LogP contribution is -1.99. The van der Waals surface area contributed by atoms with Crippen molar-refractivity contribution in [2.45, 2.75) is 26.9 Å². The zero-order chi connectivity index (χ0) is 26.6. The van der Waals surface area contributed by atoms with Crippen molar-refractivity contribution in [3.05, 3.63) is 142 Å². The lowest BCUT2D eigenvalue weighted by molar-refractivity contribution is -0.384. The van der Waals surface area contributed by atoms with Crippen LogP contribution in [0.1, 0.15) is 22.3 Å². The van der Waals surface area contributed by atoms with Crippen molar-refractivity contribution in [1.29, 1.82) is 0 Å². The van der Waals surface area contributed by atoms with Gasteiger partial charge in [-0.3, -0.25) is 10.1 Å². The first-order valence-electron chi connectivity index (χ1n) is 12.6. The Labute approximate surface area is 221 Å². The molecule has 0 fully saturated rings. The van der Waals surface area contributed by atoms with Crippen molar-refractivity contribution < 1.29 is 4.92 Å². The summed E-state index contributed by atoms with van der Waals surface area (Å²) in [5, 5.41) is 13.0. The lowest BCUT2D eigenvalue weighted by Gasteiger charge is -2.08. The Bertz CT molecular complexity index is 1720. The van der Waals surface area contributed by atoms with Crippen LogP contribution >= 0.6 is 0 Å². The third kappa shape index (κ3) is 5.30. The van der Waals surface area contributed by atoms with Crippen LogP contribution in [0.5, 0.6) is 0 Å². The first-order chi connectivity index (χ1) is 18.4. The molecule has 190 valence electrons. The molecular weight excluding hydrogens is 472 g/mol. The number of benzene rings is 4. The van der Waals surface area contributed by atoms with Crippen LogP contribution in [0.25, 0.3) is 21.8 Å². The van der Waals surface area contributed by atoms with Crippen molar-refractivity contribution in [3.8, 4) is 0 Å². The molecule has 2 aromatic heterocycles. The SMILES string of the molecule is Cc1cc(N)cc2ccn(Cc3ccccc3)c12.Cc1cc([N+](=O)[O-])cc2ccn(Cc3ccccc3)c12. The fourth-order valence-electron chi connectivity index (χ4n) is 5.08. The van der Waals surface area contributed by atoms with Gasteiger partial charge in [0.05, 0.1) is 16.0 Å². The molecule has 0 unspecified atom stereocenters. The number of aromatic nitrogens is 2. The maximum absolute atomic E-state index is 10.9. The summed E-state index contributed by atoms with van der Waals surface area (Å²) < 4.78 is 4.41. The average molecular weight is 503 g/mol. The van der Waals surface area contributed by atoms with Crippen molar-refractivity contribution in [2.24, 2.45) is 0 Å². The van der Waals surface area contributed by atoms with Gasteiger partial charge in [-0.15, -0.1) is 0 Å². The minimum absolute atomic E-state index is 0.146. The topological polar surface area (TPSA) is 79.0 Å². The molecule has 0 saturated carbocycles. The standard InChI is InChI=1S/C16H14N2O2.C16H16N2/c1-12-9-15(18(19)20)10-14-7-8-17(16(12)14)11-13-5-3-2-4-6-13;1-12-9-15(17)10-14-7-8-18(16(12)14)11-13-5-3-2-4-6-13/h2-10H,11H2,1H3;2-10H,11,17H2,1H3. The number of hydrogen-bond acceptors (Lipinski definition) is 3. The number of non-ortho nitro benzene ring substituents is 1. The van der Waals surface area contributed by atoms with Crippen LogP contribution in [-0.2, 0) is 13.1 Å². The van der Waals surface area contributed by atoms with Gasteiger partial charge in [-0.2, -0.15) is 0 Å². The lowest BCUT2D eigenvalue weighted by atomic mass is 10.1. The first kappa shape index (κ1) is 24.8. The molecule has 0 radical (unpaired) electrons. The van der Waals surface area contributed by atoms with E-state index in [1.54, 1.807) is 12.1 Å². The number of hydrogen-bond donors (Lipinski definition) is 1. The van der Waals surface area contributed by atoms with Gasteiger partial charge in [-0.1, -0.05) is 60.7 Å². The smallest absolute Gasteiger partial charge is 0.270 e. The minimum Gasteiger partial charge on any atom is -0.399 e. The second-order valence-corrected chi connectivity index (χ2v) is 9.59. The molecule has 0 aliphatic rings. The van der Waals surface area contributed by atoms with Gasteiger partial charge in [0.25, 0.3) is 5.69 Å². The van der Waals surface area contributed by atoms with E-state index in [1.807, 2.05) is 55.6 Å². The molecule has 6 rings (SSSR count). The second-order valence-electron chi connectivity index (χ2n) is 9.59. The number of anilines is 1. The zero-order valence-electron chi connectivity index (χ0n) is 21.5. The Balaban J connectivity index is 0.000000156. The predicted octanol–water partition coefficient (Wildman–Crippen LogP) is 7.49. The fourth-order valence-corrected chi connectivity index (χ4v) is 5.08. The number of nitrogens with zero attached hydrogens (tertiary/aromatic N) is 3. The maximum Gasteiger partial charge on any atom is 0.270 e. The summed E-state index contributed by atoms with van der Waals surface area (Å²) in [4.78, 5) is 10.5. The number of nitrogens with two attached hydrogens (primary N) is 1. The van der Waals surface area contributed by atoms with E-state index in [4.69, 9.17) is 5.73 Å². The summed E-state index contributed by atoms with van der Waals surface area (Å²) in [7, 11) is 0. The molecule has 0 spiro atoms. The number of aryl methyl sites for hydroxylation is 2. The Morgan fingerprint density at radius 1 is 0.684 bits per heavy atom. The van der Waals surface area contributed by atoms with E-state index >= 15 is 0 Å². The Morgan fingerprint density at radius 2 is 1.16 bits per heavy atom. The Kier molecular flexibility index (Phi) is 6.96. The normalized spacial score (nSPS) is 10.9. The molecule has 38 heavy (non-hydrogen) atoms. The maximum atomic E-state index is 10.9. The highest BCUT2D eigenvalue weighted by Crippen LogP contribution is 2.27. The number of nitrogen functional groups attached to an aromatic ring is 1. The Hall–Kier alpha value is -4.84. The van der Waals surface area contributed by atoms with E-state index in [1.165, 1.54) is 27.6 Å². The number of fused-ring (bicyclic) bond motifs is 2. The van der Waals surface area contributed by atoms with Crippen molar-refractivity contribution in [2.75, 3.05) is 5.73 Å². The van der Waals surface area contributed by atoms with Crippen LogP contribution in [0.15, 0.2) is 109 Å². The molecule has 0 aliphatic carbocycles. The van der Waals surface area contributed by atoms with Crippen molar-refractivity contribution in [1.82, 2.24) is 9.13 Å². The molecule has 0 atom stereocenters. The molecule has 2 N–H and O–H groups in total. The van der Waals surface area contributed by atoms with Gasteiger partial charge in [0.2, 0.25) is 0 Å². The monoisotopic (exact) mass is 502 g/mol. The molecule has 0 amide bonds. The largest absolute Gasteiger partial charge is 0.399 e. The molecule has 2 heterocycles. The third-order valence-corrected chi connectivity index (χ3v) is 6.71. The molecule has 0 bridgehead atoms. The first-order valence-corrected chi connectivity index (χ1v) is 12.6. The van der Waals surface area contributed by atoms with Crippen molar-refractivity contribution in [3.63, 3.8) is 0 Å². The van der Waals surface area contributed by atoms with E-state index in [-0.39, 0.29) is 10.6 Å². The molecule has 6 heteroatoms. The van der Waals surface area contributed by atoms with Crippen LogP contribution in [0.3, 0.4) is 0 Å². The summed E-state index contributed by atoms with van der Waals surface area (Å²) in [6, 6.07) is 32.0. The van der Waals surface area contributed by atoms with E-state index in [0.29, 0.717) is 0 Å². The van der Waals surface area contributed by atoms with Crippen LogP contribution in [0.2, 0.25) is 0 Å². The van der Waals surface area contributed by atoms with E-state index in [0.717, 1.165) is 35.2 Å². The molecule has 6 aromatic rings. The van der Waals surface area contributed by atoms with Gasteiger partial charge >= 0.3 is 0 Å². The molecule has 4 aromatic carbocycles. The molecule has 0 aliphatic heterocycles. The highest BCUT2D eigenvalue weighted by molar-refractivity contribution is 5.87. The summed E-state index contributed by atoms with van der Waals surface area (Å²) in [6.07, 6.45) is 4.11. The van der Waals surface area contributed by atoms with Gasteiger partial charge in [0.15, 0.2) is 0 Å². The quantitative estimate of drug-likeness (QED) is 0.151. The summed E-state index contributed by atoms with van der Waals surface area (Å²) in [5.74, 6) is 0. The number of rotatable bonds is 5. The van der Waals surface area contributed by atoms with Crippen LogP contribution < -0.4 is 5.73 Å². The third-order valence-electron chi connectivity index (χ3n) is 6.71. The van der Waals surface area contributed by atoms with Crippen LogP contribution in [-0.4, -0.2) is 14.1 Å². The van der Waals surface area contributed by atoms with E-state index in [9.17, 15) is 10.1 Å². The van der Waals surface area contributed by atoms with E-state index in [2.05, 4.69) is 64.7 Å². The molecule has 6 nitrogen and oxygen atoms in total. The minimum atomic E-state index is -0.346. The fraction of sp³-hybridized carbons (Fsp3) is 0.125. The average Bonchev–Trinajstić information content (AvgIpc) is 3.50. The van der Waals surface area contributed by atoms with Gasteiger partial charge in [0, 0.05) is 54.1 Å². The predicted molar refractivity (Wildman–Crippen MR) is 156 cm³/mol. The van der Waals surface area contributed by atoms with Gasteiger partial charge < -0.3 is 14.9 Å². The number of nitro benzene ring substituents is 1. The van der Waals surface area contributed by atoms with Crippen LogP contribution in [0, 0.1) is 24.0 Å². The number of nitro groups is 1. The van der Waals surface area contributed by atoms with Crippen molar-refractivity contribution >= 4 is 33.2 Å². The molecular formula is C32H30N4O2. The van der Waals surface area contributed by atoms with Crippen LogP contribution in [0.4, 0.5) is 11.4 Å². The second kappa shape index (κ2) is 10.6. The van der Waals surface area contributed by atoms with Gasteiger partial charge in [-0.25, -0.2) is 0 Å². The summed E-state index contributed by atoms with van der Waals surface area (Å²) in [6.45, 7) is 5.69. The van der Waals surface area contributed by atoms with E-state index < -0.39 is 0 Å². The summed E-state index contributed by atoms with van der Waals surface area (Å²) in [5.41, 5.74) is 13.9.